The molecule has 2 nitrogen and oxygen atoms in total. The Morgan fingerprint density at radius 3 is 2.50 bits per heavy atom. The van der Waals surface area contributed by atoms with E-state index in [1.807, 2.05) is 37.3 Å². The molecule has 1 heterocycles. The molecule has 0 fully saturated rings. The van der Waals surface area contributed by atoms with E-state index in [0.717, 1.165) is 11.1 Å². The average molecular weight is 287 g/mol. The molecule has 0 saturated carbocycles. The molecule has 3 aromatic rings. The van der Waals surface area contributed by atoms with Crippen LogP contribution in [0.25, 0.3) is 22.2 Å². The highest BCUT2D eigenvalue weighted by Crippen LogP contribution is 2.35. The number of pyridine rings is 1. The molecule has 0 bridgehead atoms. The van der Waals surface area contributed by atoms with Crippen molar-refractivity contribution in [1.82, 2.24) is 4.98 Å². The van der Waals surface area contributed by atoms with Crippen molar-refractivity contribution in [1.29, 1.82) is 0 Å². The van der Waals surface area contributed by atoms with Crippen LogP contribution in [-0.2, 0) is 0 Å². The van der Waals surface area contributed by atoms with Crippen molar-refractivity contribution in [2.75, 3.05) is 5.73 Å². The third-order valence-electron chi connectivity index (χ3n) is 3.38. The van der Waals surface area contributed by atoms with E-state index >= 15 is 0 Å². The lowest BCUT2D eigenvalue weighted by Gasteiger charge is -2.13. The molecular weight excluding hydrogens is 275 g/mol. The van der Waals surface area contributed by atoms with Crippen LogP contribution in [0.3, 0.4) is 0 Å². The van der Waals surface area contributed by atoms with E-state index in [2.05, 4.69) is 4.98 Å². The van der Waals surface area contributed by atoms with Gasteiger partial charge in [0.1, 0.15) is 11.3 Å². The van der Waals surface area contributed by atoms with E-state index in [4.69, 9.17) is 17.3 Å². The normalized spacial score (nSPS) is 10.9. The number of benzene rings is 2. The number of hydrogen-bond acceptors (Lipinski definition) is 2. The van der Waals surface area contributed by atoms with Gasteiger partial charge in [0.15, 0.2) is 0 Å². The summed E-state index contributed by atoms with van der Waals surface area (Å²) in [6, 6.07) is 12.4. The van der Waals surface area contributed by atoms with Crippen molar-refractivity contribution in [3.8, 4) is 11.3 Å². The molecule has 100 valence electrons. The Morgan fingerprint density at radius 2 is 1.80 bits per heavy atom. The molecule has 0 aliphatic rings. The first-order valence-electron chi connectivity index (χ1n) is 6.19. The zero-order chi connectivity index (χ0) is 14.3. The zero-order valence-corrected chi connectivity index (χ0v) is 11.6. The molecule has 0 aliphatic heterocycles. The summed E-state index contributed by atoms with van der Waals surface area (Å²) >= 11 is 6.12. The highest BCUT2D eigenvalue weighted by Gasteiger charge is 2.15. The van der Waals surface area contributed by atoms with E-state index in [1.54, 1.807) is 0 Å². The molecule has 20 heavy (non-hydrogen) atoms. The third kappa shape index (κ3) is 1.91. The van der Waals surface area contributed by atoms with Gasteiger partial charge < -0.3 is 5.73 Å². The SMILES string of the molecule is Cc1c(-c2ccccc2)nc2c(F)ccc(Cl)c2c1N. The lowest BCUT2D eigenvalue weighted by molar-refractivity contribution is 0.637. The van der Waals surface area contributed by atoms with Crippen LogP contribution in [0.4, 0.5) is 10.1 Å². The number of nitrogens with two attached hydrogens (primary N) is 1. The molecule has 0 aliphatic carbocycles. The number of nitrogens with zero attached hydrogens (tertiary/aromatic N) is 1. The van der Waals surface area contributed by atoms with Crippen molar-refractivity contribution in [3.63, 3.8) is 0 Å². The topological polar surface area (TPSA) is 38.9 Å². The zero-order valence-electron chi connectivity index (χ0n) is 10.8. The molecule has 0 atom stereocenters. The maximum absolute atomic E-state index is 14.0. The van der Waals surface area contributed by atoms with Gasteiger partial charge in [0.25, 0.3) is 0 Å². The predicted molar refractivity (Wildman–Crippen MR) is 81.3 cm³/mol. The number of rotatable bonds is 1. The van der Waals surface area contributed by atoms with Crippen LogP contribution < -0.4 is 5.73 Å². The molecule has 0 spiro atoms. The molecular formula is C16H12ClFN2. The van der Waals surface area contributed by atoms with Gasteiger partial charge in [-0.2, -0.15) is 0 Å². The van der Waals surface area contributed by atoms with Gasteiger partial charge in [0.2, 0.25) is 0 Å². The molecule has 2 N–H and O–H groups in total. The summed E-state index contributed by atoms with van der Waals surface area (Å²) < 4.78 is 14.0. The molecule has 0 amide bonds. The fourth-order valence-corrected chi connectivity index (χ4v) is 2.55. The second kappa shape index (κ2) is 4.76. The second-order valence-electron chi connectivity index (χ2n) is 4.62. The van der Waals surface area contributed by atoms with E-state index < -0.39 is 5.82 Å². The van der Waals surface area contributed by atoms with Crippen LogP contribution in [0, 0.1) is 12.7 Å². The van der Waals surface area contributed by atoms with Gasteiger partial charge in [-0.15, -0.1) is 0 Å². The summed E-state index contributed by atoms with van der Waals surface area (Å²) in [6.45, 7) is 1.87. The first-order chi connectivity index (χ1) is 9.59. The Balaban J connectivity index is 2.42. The summed E-state index contributed by atoms with van der Waals surface area (Å²) in [6.07, 6.45) is 0. The quantitative estimate of drug-likeness (QED) is 0.711. The minimum atomic E-state index is -0.423. The average Bonchev–Trinajstić information content (AvgIpc) is 2.47. The Kier molecular flexibility index (Phi) is 3.07. The fraction of sp³-hybridized carbons (Fsp3) is 0.0625. The monoisotopic (exact) mass is 286 g/mol. The van der Waals surface area contributed by atoms with Crippen LogP contribution in [0.5, 0.6) is 0 Å². The summed E-state index contributed by atoms with van der Waals surface area (Å²) in [4.78, 5) is 4.43. The Bertz CT molecular complexity index is 801. The highest BCUT2D eigenvalue weighted by molar-refractivity contribution is 6.36. The van der Waals surface area contributed by atoms with E-state index in [-0.39, 0.29) is 5.52 Å². The van der Waals surface area contributed by atoms with E-state index in [1.165, 1.54) is 12.1 Å². The Hall–Kier alpha value is -2.13. The standard InChI is InChI=1S/C16H12ClFN2/c1-9-14(19)13-11(17)7-8-12(18)16(13)20-15(9)10-5-3-2-4-6-10/h2-8H,1H3,(H2,19,20). The molecule has 2 aromatic carbocycles. The van der Waals surface area contributed by atoms with Crippen molar-refractivity contribution >= 4 is 28.2 Å². The van der Waals surface area contributed by atoms with E-state index in [9.17, 15) is 4.39 Å². The number of hydrogen-bond donors (Lipinski definition) is 1. The number of anilines is 1. The van der Waals surface area contributed by atoms with Crippen molar-refractivity contribution in [3.05, 3.63) is 58.9 Å². The van der Waals surface area contributed by atoms with Gasteiger partial charge in [-0.05, 0) is 24.6 Å². The minimum absolute atomic E-state index is 0.208. The highest BCUT2D eigenvalue weighted by atomic mass is 35.5. The van der Waals surface area contributed by atoms with Gasteiger partial charge in [0, 0.05) is 16.6 Å². The molecule has 1 aromatic heterocycles. The molecule has 0 unspecified atom stereocenters. The Morgan fingerprint density at radius 1 is 1.10 bits per heavy atom. The van der Waals surface area contributed by atoms with Crippen molar-refractivity contribution in [2.45, 2.75) is 6.92 Å². The van der Waals surface area contributed by atoms with Crippen LogP contribution in [0.1, 0.15) is 5.56 Å². The van der Waals surface area contributed by atoms with Gasteiger partial charge in [0.05, 0.1) is 10.7 Å². The molecule has 0 radical (unpaired) electrons. The fourth-order valence-electron chi connectivity index (χ4n) is 2.29. The number of aromatic nitrogens is 1. The van der Waals surface area contributed by atoms with Crippen LogP contribution in [-0.4, -0.2) is 4.98 Å². The van der Waals surface area contributed by atoms with Gasteiger partial charge >= 0.3 is 0 Å². The largest absolute Gasteiger partial charge is 0.398 e. The summed E-state index contributed by atoms with van der Waals surface area (Å²) in [5, 5.41) is 0.887. The summed E-state index contributed by atoms with van der Waals surface area (Å²) in [5.74, 6) is -0.423. The van der Waals surface area contributed by atoms with Crippen molar-refractivity contribution < 1.29 is 4.39 Å². The van der Waals surface area contributed by atoms with Crippen LogP contribution in [0.15, 0.2) is 42.5 Å². The maximum atomic E-state index is 14.0. The number of nitrogen functional groups attached to an aromatic ring is 1. The van der Waals surface area contributed by atoms with Gasteiger partial charge in [-0.25, -0.2) is 9.37 Å². The number of fused-ring (bicyclic) bond motifs is 1. The lowest BCUT2D eigenvalue weighted by atomic mass is 10.0. The van der Waals surface area contributed by atoms with Crippen molar-refractivity contribution in [2.24, 2.45) is 0 Å². The second-order valence-corrected chi connectivity index (χ2v) is 5.03. The summed E-state index contributed by atoms with van der Waals surface area (Å²) in [7, 11) is 0. The Labute approximate surface area is 121 Å². The third-order valence-corrected chi connectivity index (χ3v) is 3.69. The van der Waals surface area contributed by atoms with Crippen LogP contribution in [0.2, 0.25) is 5.02 Å². The van der Waals surface area contributed by atoms with Gasteiger partial charge in [-0.3, -0.25) is 0 Å². The first kappa shape index (κ1) is 12.9. The molecule has 3 rings (SSSR count). The first-order valence-corrected chi connectivity index (χ1v) is 6.56. The number of halogens is 2. The molecule has 0 saturated heterocycles. The van der Waals surface area contributed by atoms with Crippen LogP contribution >= 0.6 is 11.6 Å². The smallest absolute Gasteiger partial charge is 0.149 e. The minimum Gasteiger partial charge on any atom is -0.398 e. The lowest BCUT2D eigenvalue weighted by Crippen LogP contribution is -2.00. The predicted octanol–water partition coefficient (Wildman–Crippen LogP) is 4.58. The molecule has 4 heteroatoms. The maximum Gasteiger partial charge on any atom is 0.149 e. The van der Waals surface area contributed by atoms with E-state index in [0.29, 0.717) is 21.8 Å². The summed E-state index contributed by atoms with van der Waals surface area (Å²) in [5.41, 5.74) is 9.19. The van der Waals surface area contributed by atoms with Gasteiger partial charge in [-0.1, -0.05) is 41.9 Å².